The fraction of sp³-hybridized carbons (Fsp3) is 0.222. The van der Waals surface area contributed by atoms with E-state index in [0.717, 1.165) is 17.8 Å². The van der Waals surface area contributed by atoms with Gasteiger partial charge < -0.3 is 10.8 Å². The second-order valence-electron chi connectivity index (χ2n) is 2.93. The monoisotopic (exact) mass is 251 g/mol. The van der Waals surface area contributed by atoms with Crippen LogP contribution < -0.4 is 5.73 Å². The number of amides is 1. The maximum atomic E-state index is 12.4. The zero-order valence-corrected chi connectivity index (χ0v) is 8.95. The Kier molecular flexibility index (Phi) is 3.37. The van der Waals surface area contributed by atoms with Crippen LogP contribution in [-0.4, -0.2) is 17.3 Å². The summed E-state index contributed by atoms with van der Waals surface area (Å²) in [6.45, 7) is 0. The highest BCUT2D eigenvalue weighted by Gasteiger charge is 2.32. The van der Waals surface area contributed by atoms with Crippen LogP contribution in [0, 0.1) is 0 Å². The molecule has 0 aromatic heterocycles. The molecule has 3 N–H and O–H groups in total. The lowest BCUT2D eigenvalue weighted by atomic mass is 10.1. The molecule has 1 rings (SSSR count). The van der Waals surface area contributed by atoms with Gasteiger partial charge in [-0.15, -0.1) is 11.8 Å². The predicted molar refractivity (Wildman–Crippen MR) is 53.4 cm³/mol. The van der Waals surface area contributed by atoms with Crippen LogP contribution in [0.3, 0.4) is 0 Å². The molecule has 0 atom stereocenters. The summed E-state index contributed by atoms with van der Waals surface area (Å²) in [7, 11) is 0. The van der Waals surface area contributed by atoms with Gasteiger partial charge in [-0.05, 0) is 18.4 Å². The topological polar surface area (TPSA) is 63.3 Å². The molecule has 3 nitrogen and oxygen atoms in total. The molecule has 0 bridgehead atoms. The number of phenols is 1. The zero-order valence-electron chi connectivity index (χ0n) is 8.13. The van der Waals surface area contributed by atoms with Gasteiger partial charge in [-0.25, -0.2) is 0 Å². The number of nitrogens with two attached hydrogens (primary N) is 1. The minimum absolute atomic E-state index is 0.000162. The molecular formula is C9H8F3NO2S. The third kappa shape index (κ3) is 2.41. The Morgan fingerprint density at radius 1 is 1.44 bits per heavy atom. The van der Waals surface area contributed by atoms with E-state index in [-0.39, 0.29) is 10.5 Å². The molecule has 0 spiro atoms. The van der Waals surface area contributed by atoms with Gasteiger partial charge in [0.2, 0.25) is 0 Å². The highest BCUT2D eigenvalue weighted by atomic mass is 32.2. The Balaban J connectivity index is 3.44. The molecule has 0 saturated carbocycles. The predicted octanol–water partition coefficient (Wildman–Crippen LogP) is 2.23. The Bertz CT molecular complexity index is 431. The van der Waals surface area contributed by atoms with Gasteiger partial charge in [0, 0.05) is 4.90 Å². The van der Waals surface area contributed by atoms with Gasteiger partial charge in [-0.2, -0.15) is 13.2 Å². The first-order valence-electron chi connectivity index (χ1n) is 4.05. The van der Waals surface area contributed by atoms with Gasteiger partial charge in [0.25, 0.3) is 5.91 Å². The lowest BCUT2D eigenvalue weighted by molar-refractivity contribution is -0.137. The van der Waals surface area contributed by atoms with Gasteiger partial charge in [0.05, 0.1) is 11.1 Å². The van der Waals surface area contributed by atoms with E-state index in [2.05, 4.69) is 0 Å². The van der Waals surface area contributed by atoms with Crippen molar-refractivity contribution in [2.75, 3.05) is 6.26 Å². The highest BCUT2D eigenvalue weighted by molar-refractivity contribution is 7.98. The van der Waals surface area contributed by atoms with Gasteiger partial charge in [0.15, 0.2) is 0 Å². The number of hydrogen-bond donors (Lipinski definition) is 2. The van der Waals surface area contributed by atoms with E-state index in [1.165, 1.54) is 6.26 Å². The van der Waals surface area contributed by atoms with Gasteiger partial charge >= 0.3 is 6.18 Å². The Labute approximate surface area is 93.4 Å². The van der Waals surface area contributed by atoms with Crippen LogP contribution in [0.2, 0.25) is 0 Å². The molecular weight excluding hydrogens is 243 g/mol. The average Bonchev–Trinajstić information content (AvgIpc) is 2.14. The first-order chi connectivity index (χ1) is 7.27. The lowest BCUT2D eigenvalue weighted by Gasteiger charge is -2.12. The van der Waals surface area contributed by atoms with Crippen LogP contribution >= 0.6 is 11.8 Å². The van der Waals surface area contributed by atoms with Crippen LogP contribution in [0.1, 0.15) is 15.9 Å². The van der Waals surface area contributed by atoms with Crippen molar-refractivity contribution in [3.63, 3.8) is 0 Å². The molecule has 88 valence electrons. The van der Waals surface area contributed by atoms with Crippen LogP contribution in [0.25, 0.3) is 0 Å². The molecule has 0 aliphatic heterocycles. The van der Waals surface area contributed by atoms with Crippen LogP contribution in [0.5, 0.6) is 5.75 Å². The number of alkyl halides is 3. The third-order valence-corrected chi connectivity index (χ3v) is 2.64. The number of halogens is 3. The number of hydrogen-bond acceptors (Lipinski definition) is 3. The number of thioether (sulfide) groups is 1. The summed E-state index contributed by atoms with van der Waals surface area (Å²) in [4.78, 5) is 10.9. The Morgan fingerprint density at radius 3 is 2.38 bits per heavy atom. The summed E-state index contributed by atoms with van der Waals surface area (Å²) in [6.07, 6.45) is -3.08. The molecule has 1 aromatic rings. The zero-order chi connectivity index (χ0) is 12.5. The Hall–Kier alpha value is -1.37. The molecule has 0 fully saturated rings. The maximum Gasteiger partial charge on any atom is 0.416 e. The number of carbonyl (C=O) groups excluding carboxylic acids is 1. The number of benzene rings is 1. The molecule has 0 heterocycles. The fourth-order valence-corrected chi connectivity index (χ4v) is 1.83. The summed E-state index contributed by atoms with van der Waals surface area (Å²) in [6, 6.07) is 1.27. The van der Waals surface area contributed by atoms with E-state index in [0.29, 0.717) is 6.07 Å². The largest absolute Gasteiger partial charge is 0.507 e. The van der Waals surface area contributed by atoms with E-state index in [4.69, 9.17) is 5.73 Å². The number of carbonyl (C=O) groups is 1. The highest BCUT2D eigenvalue weighted by Crippen LogP contribution is 2.37. The second-order valence-corrected chi connectivity index (χ2v) is 3.78. The number of primary amides is 1. The van der Waals surface area contributed by atoms with E-state index in [1.807, 2.05) is 0 Å². The molecule has 0 aliphatic carbocycles. The first-order valence-corrected chi connectivity index (χ1v) is 5.28. The molecule has 0 aliphatic rings. The van der Waals surface area contributed by atoms with Crippen LogP contribution in [0.4, 0.5) is 13.2 Å². The van der Waals surface area contributed by atoms with Crippen molar-refractivity contribution in [3.05, 3.63) is 23.3 Å². The van der Waals surface area contributed by atoms with Crippen molar-refractivity contribution < 1.29 is 23.1 Å². The Morgan fingerprint density at radius 2 is 2.00 bits per heavy atom. The van der Waals surface area contributed by atoms with E-state index in [9.17, 15) is 23.1 Å². The number of aromatic hydroxyl groups is 1. The third-order valence-electron chi connectivity index (χ3n) is 1.87. The smallest absolute Gasteiger partial charge is 0.416 e. The van der Waals surface area contributed by atoms with Gasteiger partial charge in [0.1, 0.15) is 5.75 Å². The van der Waals surface area contributed by atoms with Crippen LogP contribution in [0.15, 0.2) is 17.0 Å². The van der Waals surface area contributed by atoms with Crippen molar-refractivity contribution in [2.45, 2.75) is 11.1 Å². The summed E-state index contributed by atoms with van der Waals surface area (Å²) in [5, 5.41) is 9.32. The van der Waals surface area contributed by atoms with E-state index in [1.54, 1.807) is 0 Å². The molecule has 16 heavy (non-hydrogen) atoms. The molecule has 7 heteroatoms. The van der Waals surface area contributed by atoms with Crippen molar-refractivity contribution in [1.82, 2.24) is 0 Å². The quantitative estimate of drug-likeness (QED) is 0.792. The first kappa shape index (κ1) is 12.7. The normalized spacial score (nSPS) is 11.5. The van der Waals surface area contributed by atoms with Crippen molar-refractivity contribution in [3.8, 4) is 5.75 Å². The maximum absolute atomic E-state index is 12.4. The van der Waals surface area contributed by atoms with Gasteiger partial charge in [-0.1, -0.05) is 0 Å². The van der Waals surface area contributed by atoms with Crippen molar-refractivity contribution in [1.29, 1.82) is 0 Å². The van der Waals surface area contributed by atoms with E-state index >= 15 is 0 Å². The second kappa shape index (κ2) is 4.25. The molecule has 0 unspecified atom stereocenters. The van der Waals surface area contributed by atoms with Crippen molar-refractivity contribution >= 4 is 17.7 Å². The lowest BCUT2D eigenvalue weighted by Crippen LogP contribution is -2.14. The van der Waals surface area contributed by atoms with Crippen LogP contribution in [-0.2, 0) is 6.18 Å². The van der Waals surface area contributed by atoms with Crippen molar-refractivity contribution in [2.24, 2.45) is 5.73 Å². The number of rotatable bonds is 2. The SMILES string of the molecule is CSc1cc(C(F)(F)F)cc(O)c1C(N)=O. The fourth-order valence-electron chi connectivity index (χ4n) is 1.17. The molecule has 0 saturated heterocycles. The summed E-state index contributed by atoms with van der Waals surface area (Å²) >= 11 is 0.907. The molecule has 1 amide bonds. The summed E-state index contributed by atoms with van der Waals surface area (Å²) in [5.74, 6) is -1.72. The summed E-state index contributed by atoms with van der Waals surface area (Å²) < 4.78 is 37.1. The standard InChI is InChI=1S/C9H8F3NO2S/c1-16-6-3-4(9(10,11)12)2-5(14)7(6)8(13)15/h2-3,14H,1H3,(H2,13,15). The average molecular weight is 251 g/mol. The van der Waals surface area contributed by atoms with E-state index < -0.39 is 23.4 Å². The minimum Gasteiger partial charge on any atom is -0.507 e. The van der Waals surface area contributed by atoms with Gasteiger partial charge in [-0.3, -0.25) is 4.79 Å². The molecule has 0 radical (unpaired) electrons. The minimum atomic E-state index is -4.57. The summed E-state index contributed by atoms with van der Waals surface area (Å²) in [5.41, 5.74) is 3.65. The molecule has 1 aromatic carbocycles.